The Bertz CT molecular complexity index is 549. The van der Waals surface area contributed by atoms with Crippen LogP contribution in [0, 0.1) is 6.92 Å². The monoisotopic (exact) mass is 269 g/mol. The van der Waals surface area contributed by atoms with Gasteiger partial charge in [0.05, 0.1) is 17.4 Å². The molecule has 2 aromatic rings. The number of benzene rings is 1. The minimum absolute atomic E-state index is 0.326. The molecule has 3 nitrogen and oxygen atoms in total. The molecule has 1 atom stereocenters. The summed E-state index contributed by atoms with van der Waals surface area (Å²) in [6.45, 7) is 1.93. The fraction of sp³-hybridized carbons (Fsp3) is 0.250. The number of aryl methyl sites for hydroxylation is 2. The molecule has 0 aliphatic carbocycles. The highest BCUT2D eigenvalue weighted by atomic mass is 35.5. The van der Waals surface area contributed by atoms with Crippen molar-refractivity contribution in [1.29, 1.82) is 0 Å². The minimum Gasteiger partial charge on any atom is -0.319 e. The van der Waals surface area contributed by atoms with E-state index < -0.39 is 0 Å². The van der Waals surface area contributed by atoms with Crippen molar-refractivity contribution in [3.05, 3.63) is 51.3 Å². The normalized spacial score (nSPS) is 12.8. The van der Waals surface area contributed by atoms with E-state index in [-0.39, 0.29) is 6.04 Å². The van der Waals surface area contributed by atoms with Gasteiger partial charge in [0.15, 0.2) is 0 Å². The Labute approximate surface area is 110 Å². The number of nitrogens with zero attached hydrogens (tertiary/aromatic N) is 2. The fourth-order valence-electron chi connectivity index (χ4n) is 1.83. The first-order valence-corrected chi connectivity index (χ1v) is 5.95. The van der Waals surface area contributed by atoms with E-state index in [9.17, 15) is 0 Å². The Morgan fingerprint density at radius 2 is 2.00 bits per heavy atom. The fourth-order valence-corrected chi connectivity index (χ4v) is 2.25. The third-order valence-electron chi connectivity index (χ3n) is 2.65. The van der Waals surface area contributed by atoms with Crippen LogP contribution < -0.4 is 5.73 Å². The number of nitrogens with two attached hydrogens (primary N) is 1. The van der Waals surface area contributed by atoms with Gasteiger partial charge < -0.3 is 5.73 Å². The van der Waals surface area contributed by atoms with E-state index in [1.165, 1.54) is 0 Å². The molecule has 0 spiro atoms. The van der Waals surface area contributed by atoms with Crippen molar-refractivity contribution >= 4 is 23.2 Å². The summed E-state index contributed by atoms with van der Waals surface area (Å²) in [5.74, 6) is 0. The van der Waals surface area contributed by atoms with Crippen molar-refractivity contribution < 1.29 is 0 Å². The van der Waals surface area contributed by atoms with Crippen molar-refractivity contribution in [2.24, 2.45) is 12.8 Å². The molecule has 1 heterocycles. The van der Waals surface area contributed by atoms with Crippen LogP contribution in [0.1, 0.15) is 23.0 Å². The Kier molecular flexibility index (Phi) is 3.43. The zero-order valence-corrected chi connectivity index (χ0v) is 11.1. The molecule has 0 fully saturated rings. The maximum atomic E-state index is 6.20. The van der Waals surface area contributed by atoms with Crippen LogP contribution in [0.4, 0.5) is 0 Å². The van der Waals surface area contributed by atoms with Crippen LogP contribution in [0.2, 0.25) is 10.0 Å². The Morgan fingerprint density at radius 1 is 1.29 bits per heavy atom. The van der Waals surface area contributed by atoms with Crippen molar-refractivity contribution in [3.8, 4) is 0 Å². The van der Waals surface area contributed by atoms with Gasteiger partial charge in [0.2, 0.25) is 0 Å². The van der Waals surface area contributed by atoms with Gasteiger partial charge in [0.25, 0.3) is 0 Å². The first-order valence-electron chi connectivity index (χ1n) is 5.20. The molecule has 0 aliphatic heterocycles. The highest BCUT2D eigenvalue weighted by Gasteiger charge is 2.16. The van der Waals surface area contributed by atoms with E-state index in [0.717, 1.165) is 17.0 Å². The van der Waals surface area contributed by atoms with Crippen LogP contribution in [-0.4, -0.2) is 9.78 Å². The quantitative estimate of drug-likeness (QED) is 0.911. The number of rotatable bonds is 2. The predicted octanol–water partition coefficient (Wildman–Crippen LogP) is 3.08. The number of halogens is 2. The third kappa shape index (κ3) is 2.46. The molecule has 5 heteroatoms. The first kappa shape index (κ1) is 12.4. The predicted molar refractivity (Wildman–Crippen MR) is 70.4 cm³/mol. The molecule has 1 aromatic heterocycles. The summed E-state index contributed by atoms with van der Waals surface area (Å²) in [4.78, 5) is 0. The van der Waals surface area contributed by atoms with Crippen molar-refractivity contribution in [1.82, 2.24) is 9.78 Å². The summed E-state index contributed by atoms with van der Waals surface area (Å²) >= 11 is 12.1. The molecule has 2 rings (SSSR count). The molecule has 0 amide bonds. The van der Waals surface area contributed by atoms with Crippen LogP contribution >= 0.6 is 23.2 Å². The Hall–Kier alpha value is -1.03. The van der Waals surface area contributed by atoms with Gasteiger partial charge in [0.1, 0.15) is 0 Å². The van der Waals surface area contributed by atoms with Gasteiger partial charge in [-0.2, -0.15) is 5.10 Å². The summed E-state index contributed by atoms with van der Waals surface area (Å²) in [5, 5.41) is 5.51. The second-order valence-electron chi connectivity index (χ2n) is 3.98. The van der Waals surface area contributed by atoms with Gasteiger partial charge in [-0.15, -0.1) is 0 Å². The van der Waals surface area contributed by atoms with Crippen LogP contribution in [0.3, 0.4) is 0 Å². The lowest BCUT2D eigenvalue weighted by Gasteiger charge is -2.14. The van der Waals surface area contributed by atoms with Crippen LogP contribution in [0.25, 0.3) is 0 Å². The average molecular weight is 270 g/mol. The molecule has 1 aromatic carbocycles. The van der Waals surface area contributed by atoms with Crippen LogP contribution in [-0.2, 0) is 7.05 Å². The second kappa shape index (κ2) is 4.69. The Balaban J connectivity index is 2.46. The van der Waals surface area contributed by atoms with Gasteiger partial charge in [-0.1, -0.05) is 23.2 Å². The smallest absolute Gasteiger partial charge is 0.0738 e. The standard InChI is InChI=1S/C12H13Cl2N3/c1-7-5-11(17(2)16-7)12(15)9-6-8(13)3-4-10(9)14/h3-6,12H,15H2,1-2H3. The molecular formula is C12H13Cl2N3. The summed E-state index contributed by atoms with van der Waals surface area (Å²) in [5.41, 5.74) is 8.84. The van der Waals surface area contributed by atoms with Crippen molar-refractivity contribution in [2.75, 3.05) is 0 Å². The van der Waals surface area contributed by atoms with Crippen molar-refractivity contribution in [2.45, 2.75) is 13.0 Å². The van der Waals surface area contributed by atoms with Gasteiger partial charge in [-0.25, -0.2) is 0 Å². The third-order valence-corrected chi connectivity index (χ3v) is 3.23. The zero-order chi connectivity index (χ0) is 12.6. The molecule has 90 valence electrons. The van der Waals surface area contributed by atoms with Gasteiger partial charge >= 0.3 is 0 Å². The number of hydrogen-bond donors (Lipinski definition) is 1. The van der Waals surface area contributed by atoms with Gasteiger partial charge in [-0.05, 0) is 36.8 Å². The van der Waals surface area contributed by atoms with E-state index in [1.807, 2.05) is 20.0 Å². The first-order chi connectivity index (χ1) is 7.99. The molecule has 1 unspecified atom stereocenters. The summed E-state index contributed by atoms with van der Waals surface area (Å²) in [6, 6.07) is 6.91. The molecular weight excluding hydrogens is 257 g/mol. The summed E-state index contributed by atoms with van der Waals surface area (Å²) in [6.07, 6.45) is 0. The van der Waals surface area contributed by atoms with E-state index in [1.54, 1.807) is 22.9 Å². The lowest BCUT2D eigenvalue weighted by atomic mass is 10.0. The van der Waals surface area contributed by atoms with Gasteiger partial charge in [0, 0.05) is 17.1 Å². The SMILES string of the molecule is Cc1cc(C(N)c2cc(Cl)ccc2Cl)n(C)n1. The van der Waals surface area contributed by atoms with Gasteiger partial charge in [-0.3, -0.25) is 4.68 Å². The number of aromatic nitrogens is 2. The largest absolute Gasteiger partial charge is 0.319 e. The van der Waals surface area contributed by atoms with E-state index >= 15 is 0 Å². The molecule has 17 heavy (non-hydrogen) atoms. The number of hydrogen-bond acceptors (Lipinski definition) is 2. The second-order valence-corrected chi connectivity index (χ2v) is 4.82. The molecule has 0 radical (unpaired) electrons. The summed E-state index contributed by atoms with van der Waals surface area (Å²) in [7, 11) is 1.86. The van der Waals surface area contributed by atoms with E-state index in [2.05, 4.69) is 5.10 Å². The topological polar surface area (TPSA) is 43.8 Å². The van der Waals surface area contributed by atoms with Crippen LogP contribution in [0.15, 0.2) is 24.3 Å². The van der Waals surface area contributed by atoms with Crippen molar-refractivity contribution in [3.63, 3.8) is 0 Å². The lowest BCUT2D eigenvalue weighted by molar-refractivity contribution is 0.669. The minimum atomic E-state index is -0.326. The summed E-state index contributed by atoms with van der Waals surface area (Å²) < 4.78 is 1.76. The molecule has 0 saturated carbocycles. The van der Waals surface area contributed by atoms with Crippen LogP contribution in [0.5, 0.6) is 0 Å². The van der Waals surface area contributed by atoms with E-state index in [4.69, 9.17) is 28.9 Å². The maximum absolute atomic E-state index is 6.20. The maximum Gasteiger partial charge on any atom is 0.0738 e. The average Bonchev–Trinajstić information content (AvgIpc) is 2.60. The molecule has 0 aliphatic rings. The molecule has 0 bridgehead atoms. The van der Waals surface area contributed by atoms with E-state index in [0.29, 0.717) is 10.0 Å². The molecule has 2 N–H and O–H groups in total. The Morgan fingerprint density at radius 3 is 2.59 bits per heavy atom. The lowest BCUT2D eigenvalue weighted by Crippen LogP contribution is -2.16. The highest BCUT2D eigenvalue weighted by molar-refractivity contribution is 6.33. The highest BCUT2D eigenvalue weighted by Crippen LogP contribution is 2.29. The molecule has 0 saturated heterocycles. The zero-order valence-electron chi connectivity index (χ0n) is 9.61.